The summed E-state index contributed by atoms with van der Waals surface area (Å²) in [6.07, 6.45) is 1.76. The normalized spacial score (nSPS) is 14.2. The molecule has 0 radical (unpaired) electrons. The summed E-state index contributed by atoms with van der Waals surface area (Å²) >= 11 is 1.63. The van der Waals surface area contributed by atoms with Crippen LogP contribution >= 0.6 is 11.3 Å². The number of carbonyl (C=O) groups excluding carboxylic acids is 1. The van der Waals surface area contributed by atoms with E-state index in [0.29, 0.717) is 13.1 Å². The van der Waals surface area contributed by atoms with Crippen molar-refractivity contribution in [1.29, 1.82) is 0 Å². The monoisotopic (exact) mass is 390 g/mol. The molecule has 2 aromatic heterocycles. The summed E-state index contributed by atoms with van der Waals surface area (Å²) in [7, 11) is 1.66. The SMILES string of the molecule is COc1ccc2nc(N3CC(C(=O)Nc4cccc5ncccc45)C3)sc2c1. The molecule has 1 amide bonds. The van der Waals surface area contributed by atoms with Crippen LogP contribution in [0.2, 0.25) is 0 Å². The Morgan fingerprint density at radius 2 is 2.07 bits per heavy atom. The summed E-state index contributed by atoms with van der Waals surface area (Å²) in [5.41, 5.74) is 2.64. The van der Waals surface area contributed by atoms with Crippen LogP contribution in [-0.2, 0) is 4.79 Å². The maximum absolute atomic E-state index is 12.7. The van der Waals surface area contributed by atoms with Crippen molar-refractivity contribution in [2.45, 2.75) is 0 Å². The topological polar surface area (TPSA) is 67.3 Å². The number of nitrogens with zero attached hydrogens (tertiary/aromatic N) is 3. The molecule has 28 heavy (non-hydrogen) atoms. The Kier molecular flexibility index (Phi) is 4.09. The number of methoxy groups -OCH3 is 1. The summed E-state index contributed by atoms with van der Waals surface area (Å²) in [5, 5.41) is 4.96. The molecule has 1 aliphatic rings. The van der Waals surface area contributed by atoms with Crippen LogP contribution in [0.3, 0.4) is 0 Å². The molecule has 1 saturated heterocycles. The van der Waals surface area contributed by atoms with Gasteiger partial charge in [0.2, 0.25) is 5.91 Å². The van der Waals surface area contributed by atoms with Gasteiger partial charge in [0.15, 0.2) is 5.13 Å². The minimum atomic E-state index is -0.0477. The Morgan fingerprint density at radius 3 is 2.93 bits per heavy atom. The number of carbonyl (C=O) groups is 1. The number of benzene rings is 2. The van der Waals surface area contributed by atoms with E-state index in [2.05, 4.69) is 20.2 Å². The second-order valence-corrected chi connectivity index (χ2v) is 7.81. The quantitative estimate of drug-likeness (QED) is 0.572. The Morgan fingerprint density at radius 1 is 1.18 bits per heavy atom. The Bertz CT molecular complexity index is 1180. The highest BCUT2D eigenvalue weighted by Crippen LogP contribution is 2.35. The van der Waals surface area contributed by atoms with E-state index >= 15 is 0 Å². The minimum absolute atomic E-state index is 0.0374. The Balaban J connectivity index is 1.28. The number of amides is 1. The van der Waals surface area contributed by atoms with E-state index in [9.17, 15) is 4.79 Å². The van der Waals surface area contributed by atoms with Gasteiger partial charge in [0.25, 0.3) is 0 Å². The molecular formula is C21H18N4O2S. The van der Waals surface area contributed by atoms with E-state index in [-0.39, 0.29) is 11.8 Å². The first kappa shape index (κ1) is 16.9. The van der Waals surface area contributed by atoms with Gasteiger partial charge in [-0.2, -0.15) is 0 Å². The van der Waals surface area contributed by atoms with Gasteiger partial charge in [-0.15, -0.1) is 0 Å². The lowest BCUT2D eigenvalue weighted by molar-refractivity contribution is -0.120. The van der Waals surface area contributed by atoms with E-state index in [4.69, 9.17) is 4.74 Å². The second-order valence-electron chi connectivity index (χ2n) is 6.80. The fraction of sp³-hybridized carbons (Fsp3) is 0.190. The third-order valence-electron chi connectivity index (χ3n) is 5.01. The molecule has 3 heterocycles. The van der Waals surface area contributed by atoms with E-state index in [1.165, 1.54) is 0 Å². The number of hydrogen-bond acceptors (Lipinski definition) is 6. The number of hydrogen-bond donors (Lipinski definition) is 1. The average Bonchev–Trinajstić information content (AvgIpc) is 3.09. The maximum atomic E-state index is 12.7. The van der Waals surface area contributed by atoms with Crippen LogP contribution in [-0.4, -0.2) is 36.1 Å². The summed E-state index contributed by atoms with van der Waals surface area (Å²) in [4.78, 5) is 23.8. The molecular weight excluding hydrogens is 372 g/mol. The van der Waals surface area contributed by atoms with Crippen molar-refractivity contribution in [3.05, 3.63) is 54.7 Å². The van der Waals surface area contributed by atoms with Gasteiger partial charge in [-0.3, -0.25) is 9.78 Å². The largest absolute Gasteiger partial charge is 0.497 e. The molecule has 1 N–H and O–H groups in total. The summed E-state index contributed by atoms with van der Waals surface area (Å²) < 4.78 is 6.36. The zero-order valence-corrected chi connectivity index (χ0v) is 16.1. The predicted octanol–water partition coefficient (Wildman–Crippen LogP) is 3.93. The summed E-state index contributed by atoms with van der Waals surface area (Å²) in [5.74, 6) is 0.817. The number of thiazole rings is 1. The average molecular weight is 390 g/mol. The molecule has 0 spiro atoms. The fourth-order valence-corrected chi connectivity index (χ4v) is 4.41. The van der Waals surface area contributed by atoms with Gasteiger partial charge in [0.05, 0.1) is 34.4 Å². The molecule has 4 aromatic rings. The van der Waals surface area contributed by atoms with Crippen LogP contribution in [0.25, 0.3) is 21.1 Å². The number of anilines is 2. The van der Waals surface area contributed by atoms with Crippen molar-refractivity contribution in [3.8, 4) is 5.75 Å². The van der Waals surface area contributed by atoms with Crippen LogP contribution in [0, 0.1) is 5.92 Å². The van der Waals surface area contributed by atoms with Crippen LogP contribution < -0.4 is 15.0 Å². The maximum Gasteiger partial charge on any atom is 0.231 e. The lowest BCUT2D eigenvalue weighted by Crippen LogP contribution is -2.52. The summed E-state index contributed by atoms with van der Waals surface area (Å²) in [6.45, 7) is 1.34. The van der Waals surface area contributed by atoms with Gasteiger partial charge >= 0.3 is 0 Å². The first-order valence-corrected chi connectivity index (χ1v) is 9.87. The van der Waals surface area contributed by atoms with Crippen LogP contribution in [0.1, 0.15) is 0 Å². The van der Waals surface area contributed by atoms with Crippen molar-refractivity contribution in [2.75, 3.05) is 30.4 Å². The van der Waals surface area contributed by atoms with Gasteiger partial charge < -0.3 is 15.0 Å². The minimum Gasteiger partial charge on any atom is -0.497 e. The van der Waals surface area contributed by atoms with Crippen molar-refractivity contribution in [3.63, 3.8) is 0 Å². The predicted molar refractivity (Wildman–Crippen MR) is 112 cm³/mol. The first-order valence-electron chi connectivity index (χ1n) is 9.05. The van der Waals surface area contributed by atoms with Crippen molar-refractivity contribution < 1.29 is 9.53 Å². The van der Waals surface area contributed by atoms with Crippen LogP contribution in [0.15, 0.2) is 54.7 Å². The highest BCUT2D eigenvalue weighted by Gasteiger charge is 2.34. The summed E-state index contributed by atoms with van der Waals surface area (Å²) in [6, 6.07) is 15.5. The Labute approximate surface area is 165 Å². The number of aromatic nitrogens is 2. The van der Waals surface area contributed by atoms with Crippen molar-refractivity contribution >= 4 is 49.2 Å². The van der Waals surface area contributed by atoms with E-state index < -0.39 is 0 Å². The number of fused-ring (bicyclic) bond motifs is 2. The van der Waals surface area contributed by atoms with Crippen molar-refractivity contribution in [1.82, 2.24) is 9.97 Å². The molecule has 0 unspecified atom stereocenters. The van der Waals surface area contributed by atoms with Crippen molar-refractivity contribution in [2.24, 2.45) is 5.92 Å². The first-order chi connectivity index (χ1) is 13.7. The molecule has 0 bridgehead atoms. The second kappa shape index (κ2) is 6.76. The molecule has 7 heteroatoms. The standard InChI is InChI=1S/C21H18N4O2S/c1-27-14-7-8-18-19(10-14)28-21(24-18)25-11-13(12-25)20(26)23-17-6-2-5-16-15(17)4-3-9-22-16/h2-10,13H,11-12H2,1H3,(H,23,26). The Hall–Kier alpha value is -3.19. The molecule has 6 nitrogen and oxygen atoms in total. The number of nitrogens with one attached hydrogen (secondary N) is 1. The van der Waals surface area contributed by atoms with E-state index in [1.807, 2.05) is 48.5 Å². The smallest absolute Gasteiger partial charge is 0.231 e. The zero-order valence-electron chi connectivity index (χ0n) is 15.3. The molecule has 0 aliphatic carbocycles. The van der Waals surface area contributed by atoms with Gasteiger partial charge in [-0.1, -0.05) is 17.4 Å². The highest BCUT2D eigenvalue weighted by molar-refractivity contribution is 7.22. The van der Waals surface area contributed by atoms with Crippen LogP contribution in [0.5, 0.6) is 5.75 Å². The molecule has 0 atom stereocenters. The molecule has 5 rings (SSSR count). The molecule has 1 aliphatic heterocycles. The van der Waals surface area contributed by atoms with Gasteiger partial charge in [0, 0.05) is 24.7 Å². The third kappa shape index (κ3) is 2.93. The third-order valence-corrected chi connectivity index (χ3v) is 6.09. The number of pyridine rings is 1. The van der Waals surface area contributed by atoms with Crippen LogP contribution in [0.4, 0.5) is 10.8 Å². The molecule has 0 saturated carbocycles. The molecule has 140 valence electrons. The number of ether oxygens (including phenoxy) is 1. The van der Waals surface area contributed by atoms with E-state index in [1.54, 1.807) is 24.6 Å². The fourth-order valence-electron chi connectivity index (χ4n) is 3.40. The molecule has 1 fully saturated rings. The lowest BCUT2D eigenvalue weighted by Gasteiger charge is -2.38. The zero-order chi connectivity index (χ0) is 19.1. The van der Waals surface area contributed by atoms with Gasteiger partial charge in [0.1, 0.15) is 5.75 Å². The van der Waals surface area contributed by atoms with E-state index in [0.717, 1.165) is 37.7 Å². The number of rotatable bonds is 4. The van der Waals surface area contributed by atoms with Gasteiger partial charge in [-0.25, -0.2) is 4.98 Å². The molecule has 2 aromatic carbocycles. The lowest BCUT2D eigenvalue weighted by atomic mass is 9.99. The van der Waals surface area contributed by atoms with Gasteiger partial charge in [-0.05, 0) is 42.5 Å². The highest BCUT2D eigenvalue weighted by atomic mass is 32.1.